The fraction of sp³-hybridized carbons (Fsp3) is 0.500. The van der Waals surface area contributed by atoms with Crippen LogP contribution < -0.4 is 5.32 Å². The molecule has 0 aromatic carbocycles. The smallest absolute Gasteiger partial charge is 0.339 e. The molecule has 0 saturated heterocycles. The molecule has 4 heteroatoms. The van der Waals surface area contributed by atoms with Gasteiger partial charge in [0.2, 0.25) is 0 Å². The van der Waals surface area contributed by atoms with E-state index >= 15 is 0 Å². The quantitative estimate of drug-likeness (QED) is 0.811. The van der Waals surface area contributed by atoms with Gasteiger partial charge in [-0.1, -0.05) is 13.8 Å². The molecule has 0 aliphatic rings. The minimum Gasteiger partial charge on any atom is -0.478 e. The maximum absolute atomic E-state index is 11.1. The van der Waals surface area contributed by atoms with Crippen molar-refractivity contribution in [2.75, 3.05) is 12.4 Å². The number of hydrogen-bond donors (Lipinski definition) is 2. The average Bonchev–Trinajstić information content (AvgIpc) is 2.41. The van der Waals surface area contributed by atoms with Gasteiger partial charge in [0.15, 0.2) is 0 Å². The number of aryl methyl sites for hydroxylation is 1. The van der Waals surface area contributed by atoms with E-state index in [-0.39, 0.29) is 5.92 Å². The Bertz CT molecular complexity index is 355. The Labute approximate surface area is 87.8 Å². The van der Waals surface area contributed by atoms with Gasteiger partial charge in [-0.2, -0.15) is 0 Å². The van der Waals surface area contributed by atoms with E-state index in [1.807, 2.05) is 20.8 Å². The summed E-state index contributed by atoms with van der Waals surface area (Å²) in [5, 5.41) is 12.8. The van der Waals surface area contributed by atoms with E-state index in [2.05, 4.69) is 5.32 Å². The highest BCUT2D eigenvalue weighted by molar-refractivity contribution is 7.16. The number of thiophene rings is 1. The molecule has 0 bridgehead atoms. The topological polar surface area (TPSA) is 49.3 Å². The zero-order chi connectivity index (χ0) is 10.9. The summed E-state index contributed by atoms with van der Waals surface area (Å²) in [7, 11) is 1.75. The van der Waals surface area contributed by atoms with Crippen LogP contribution in [0, 0.1) is 6.92 Å². The van der Waals surface area contributed by atoms with E-state index in [0.717, 1.165) is 15.4 Å². The highest BCUT2D eigenvalue weighted by Crippen LogP contribution is 2.36. The van der Waals surface area contributed by atoms with Gasteiger partial charge in [-0.3, -0.25) is 0 Å². The minimum absolute atomic E-state index is 0.249. The molecule has 0 aliphatic carbocycles. The van der Waals surface area contributed by atoms with Crippen LogP contribution in [0.4, 0.5) is 5.00 Å². The first kappa shape index (κ1) is 11.0. The van der Waals surface area contributed by atoms with Gasteiger partial charge in [-0.25, -0.2) is 4.79 Å². The Morgan fingerprint density at radius 2 is 2.07 bits per heavy atom. The van der Waals surface area contributed by atoms with Crippen molar-refractivity contribution in [1.82, 2.24) is 0 Å². The molecule has 1 aromatic heterocycles. The highest BCUT2D eigenvalue weighted by atomic mass is 32.1. The second-order valence-corrected chi connectivity index (χ2v) is 4.71. The lowest BCUT2D eigenvalue weighted by Crippen LogP contribution is -2.04. The minimum atomic E-state index is -0.845. The molecule has 0 saturated carbocycles. The standard InChI is InChI=1S/C10H15NO2S/c1-5(2)7-6(3)14-9(11-4)8(7)10(12)13/h5,11H,1-4H3,(H,12,13). The molecule has 1 aromatic rings. The largest absolute Gasteiger partial charge is 0.478 e. The molecule has 14 heavy (non-hydrogen) atoms. The molecule has 0 unspecified atom stereocenters. The van der Waals surface area contributed by atoms with Gasteiger partial charge in [0.05, 0.1) is 5.56 Å². The molecule has 0 radical (unpaired) electrons. The Balaban J connectivity index is 3.39. The number of hydrogen-bond acceptors (Lipinski definition) is 3. The Morgan fingerprint density at radius 1 is 1.50 bits per heavy atom. The molecular formula is C10H15NO2S. The molecule has 0 fully saturated rings. The van der Waals surface area contributed by atoms with Gasteiger partial charge in [-0.05, 0) is 18.4 Å². The summed E-state index contributed by atoms with van der Waals surface area (Å²) in [6.07, 6.45) is 0. The fourth-order valence-corrected chi connectivity index (χ4v) is 2.80. The third-order valence-electron chi connectivity index (χ3n) is 2.15. The Hall–Kier alpha value is -1.03. The SMILES string of the molecule is CNc1sc(C)c(C(C)C)c1C(=O)O. The summed E-state index contributed by atoms with van der Waals surface area (Å²) in [6, 6.07) is 0. The van der Waals surface area contributed by atoms with Gasteiger partial charge >= 0.3 is 5.97 Å². The van der Waals surface area contributed by atoms with Gasteiger partial charge in [0.25, 0.3) is 0 Å². The summed E-state index contributed by atoms with van der Waals surface area (Å²) in [5.74, 6) is -0.596. The van der Waals surface area contributed by atoms with Crippen molar-refractivity contribution in [2.24, 2.45) is 0 Å². The number of anilines is 1. The first-order valence-electron chi connectivity index (χ1n) is 4.53. The second-order valence-electron chi connectivity index (χ2n) is 3.49. The zero-order valence-corrected chi connectivity index (χ0v) is 9.66. The molecule has 0 spiro atoms. The Kier molecular flexibility index (Phi) is 3.16. The van der Waals surface area contributed by atoms with Crippen molar-refractivity contribution in [2.45, 2.75) is 26.7 Å². The van der Waals surface area contributed by atoms with Crippen molar-refractivity contribution in [3.8, 4) is 0 Å². The molecular weight excluding hydrogens is 198 g/mol. The summed E-state index contributed by atoms with van der Waals surface area (Å²) < 4.78 is 0. The Morgan fingerprint density at radius 3 is 2.43 bits per heavy atom. The van der Waals surface area contributed by atoms with Crippen LogP contribution in [0.5, 0.6) is 0 Å². The monoisotopic (exact) mass is 213 g/mol. The zero-order valence-electron chi connectivity index (χ0n) is 8.84. The summed E-state index contributed by atoms with van der Waals surface area (Å²) in [4.78, 5) is 12.2. The van der Waals surface area contributed by atoms with Crippen LogP contribution in [0.25, 0.3) is 0 Å². The summed E-state index contributed by atoms with van der Waals surface area (Å²) in [6.45, 7) is 6.00. The number of aromatic carboxylic acids is 1. The summed E-state index contributed by atoms with van der Waals surface area (Å²) >= 11 is 1.51. The van der Waals surface area contributed by atoms with Crippen LogP contribution in [0.15, 0.2) is 0 Å². The van der Waals surface area contributed by atoms with E-state index in [1.165, 1.54) is 11.3 Å². The van der Waals surface area contributed by atoms with E-state index < -0.39 is 5.97 Å². The molecule has 0 atom stereocenters. The van der Waals surface area contributed by atoms with Crippen molar-refractivity contribution >= 4 is 22.3 Å². The number of carboxylic acid groups (broad SMARTS) is 1. The van der Waals surface area contributed by atoms with Crippen LogP contribution in [0.2, 0.25) is 0 Å². The van der Waals surface area contributed by atoms with Crippen LogP contribution in [-0.2, 0) is 0 Å². The predicted octanol–water partition coefficient (Wildman–Crippen LogP) is 2.92. The number of rotatable bonds is 3. The fourth-order valence-electron chi connectivity index (χ4n) is 1.64. The van der Waals surface area contributed by atoms with Crippen molar-refractivity contribution in [3.05, 3.63) is 16.0 Å². The first-order chi connectivity index (χ1) is 6.49. The van der Waals surface area contributed by atoms with Crippen molar-refractivity contribution in [1.29, 1.82) is 0 Å². The second kappa shape index (κ2) is 4.00. The number of carbonyl (C=O) groups is 1. The van der Waals surface area contributed by atoms with E-state index in [0.29, 0.717) is 5.56 Å². The molecule has 78 valence electrons. The highest BCUT2D eigenvalue weighted by Gasteiger charge is 2.22. The predicted molar refractivity (Wildman–Crippen MR) is 59.7 cm³/mol. The third kappa shape index (κ3) is 1.75. The van der Waals surface area contributed by atoms with Gasteiger partial charge in [-0.15, -0.1) is 11.3 Å². The van der Waals surface area contributed by atoms with Crippen LogP contribution in [-0.4, -0.2) is 18.1 Å². The molecule has 0 amide bonds. The van der Waals surface area contributed by atoms with Gasteiger partial charge in [0, 0.05) is 11.9 Å². The van der Waals surface area contributed by atoms with E-state index in [9.17, 15) is 4.79 Å². The first-order valence-corrected chi connectivity index (χ1v) is 5.35. The van der Waals surface area contributed by atoms with Crippen molar-refractivity contribution in [3.63, 3.8) is 0 Å². The maximum atomic E-state index is 11.1. The lowest BCUT2D eigenvalue weighted by molar-refractivity contribution is 0.0697. The lowest BCUT2D eigenvalue weighted by atomic mass is 9.99. The lowest BCUT2D eigenvalue weighted by Gasteiger charge is -2.06. The van der Waals surface area contributed by atoms with E-state index in [4.69, 9.17) is 5.11 Å². The molecule has 0 aliphatic heterocycles. The van der Waals surface area contributed by atoms with Crippen LogP contribution in [0.3, 0.4) is 0 Å². The molecule has 1 rings (SSSR count). The van der Waals surface area contributed by atoms with Gasteiger partial charge in [0.1, 0.15) is 5.00 Å². The molecule has 2 N–H and O–H groups in total. The average molecular weight is 213 g/mol. The van der Waals surface area contributed by atoms with E-state index in [1.54, 1.807) is 7.05 Å². The molecule has 1 heterocycles. The number of nitrogens with one attached hydrogen (secondary N) is 1. The summed E-state index contributed by atoms with van der Waals surface area (Å²) in [5.41, 5.74) is 1.39. The third-order valence-corrected chi connectivity index (χ3v) is 3.29. The van der Waals surface area contributed by atoms with Crippen LogP contribution >= 0.6 is 11.3 Å². The number of carboxylic acids is 1. The molecule has 3 nitrogen and oxygen atoms in total. The van der Waals surface area contributed by atoms with Gasteiger partial charge < -0.3 is 10.4 Å². The maximum Gasteiger partial charge on any atom is 0.339 e. The van der Waals surface area contributed by atoms with Crippen LogP contribution in [0.1, 0.15) is 40.6 Å². The normalized spacial score (nSPS) is 10.6. The van der Waals surface area contributed by atoms with Crippen molar-refractivity contribution < 1.29 is 9.90 Å².